The SMILES string of the molecule is COc1ccc(-c2cc(C(=O)O)cc(Cl)n2)cc1OC. The number of aromatic carboxylic acids is 1. The highest BCUT2D eigenvalue weighted by Gasteiger charge is 2.11. The van der Waals surface area contributed by atoms with Gasteiger partial charge in [-0.1, -0.05) is 11.6 Å². The Morgan fingerprint density at radius 2 is 1.85 bits per heavy atom. The Balaban J connectivity index is 2.53. The predicted octanol–water partition coefficient (Wildman–Crippen LogP) is 3.12. The van der Waals surface area contributed by atoms with Gasteiger partial charge in [0.1, 0.15) is 5.15 Å². The molecule has 0 unspecified atom stereocenters. The first-order valence-electron chi connectivity index (χ1n) is 5.68. The maximum atomic E-state index is 11.0. The van der Waals surface area contributed by atoms with Crippen LogP contribution in [0, 0.1) is 0 Å². The maximum absolute atomic E-state index is 11.0. The Morgan fingerprint density at radius 3 is 2.45 bits per heavy atom. The average molecular weight is 294 g/mol. The van der Waals surface area contributed by atoms with Crippen LogP contribution >= 0.6 is 11.6 Å². The van der Waals surface area contributed by atoms with Crippen LogP contribution < -0.4 is 9.47 Å². The van der Waals surface area contributed by atoms with E-state index in [2.05, 4.69) is 4.98 Å². The fourth-order valence-corrected chi connectivity index (χ4v) is 1.97. The molecule has 0 bridgehead atoms. The third-order valence-corrected chi connectivity index (χ3v) is 2.91. The second kappa shape index (κ2) is 5.79. The summed E-state index contributed by atoms with van der Waals surface area (Å²) in [5.41, 5.74) is 1.22. The third kappa shape index (κ3) is 2.83. The molecule has 0 aliphatic heterocycles. The lowest BCUT2D eigenvalue weighted by molar-refractivity contribution is 0.0697. The number of carbonyl (C=O) groups is 1. The summed E-state index contributed by atoms with van der Waals surface area (Å²) in [4.78, 5) is 15.2. The van der Waals surface area contributed by atoms with Gasteiger partial charge >= 0.3 is 5.97 Å². The van der Waals surface area contributed by atoms with Crippen LogP contribution in [0.2, 0.25) is 5.15 Å². The normalized spacial score (nSPS) is 10.2. The number of pyridine rings is 1. The monoisotopic (exact) mass is 293 g/mol. The molecular formula is C14H12ClNO4. The Hall–Kier alpha value is -2.27. The van der Waals surface area contributed by atoms with Gasteiger partial charge in [-0.2, -0.15) is 0 Å². The lowest BCUT2D eigenvalue weighted by Crippen LogP contribution is -1.98. The quantitative estimate of drug-likeness (QED) is 0.877. The first kappa shape index (κ1) is 14.1. The Morgan fingerprint density at radius 1 is 1.15 bits per heavy atom. The standard InChI is InChI=1S/C14H12ClNO4/c1-19-11-4-3-8(6-12(11)20-2)10-5-9(14(17)18)7-13(15)16-10/h3-7H,1-2H3,(H,17,18). The molecule has 0 spiro atoms. The van der Waals surface area contributed by atoms with Crippen LogP contribution in [0.4, 0.5) is 0 Å². The van der Waals surface area contributed by atoms with Crippen LogP contribution in [0.1, 0.15) is 10.4 Å². The summed E-state index contributed by atoms with van der Waals surface area (Å²) < 4.78 is 10.4. The van der Waals surface area contributed by atoms with Gasteiger partial charge in [-0.05, 0) is 30.3 Å². The lowest BCUT2D eigenvalue weighted by atomic mass is 10.1. The highest BCUT2D eigenvalue weighted by Crippen LogP contribution is 2.32. The molecule has 0 amide bonds. The van der Waals surface area contributed by atoms with E-state index in [1.807, 2.05) is 0 Å². The minimum atomic E-state index is -1.06. The molecule has 0 radical (unpaired) electrons. The lowest BCUT2D eigenvalue weighted by Gasteiger charge is -2.10. The number of rotatable bonds is 4. The molecule has 1 heterocycles. The second-order valence-corrected chi connectivity index (χ2v) is 4.33. The summed E-state index contributed by atoms with van der Waals surface area (Å²) in [6.07, 6.45) is 0. The van der Waals surface area contributed by atoms with Crippen molar-refractivity contribution in [2.45, 2.75) is 0 Å². The Labute approximate surface area is 120 Å². The van der Waals surface area contributed by atoms with Gasteiger partial charge in [-0.15, -0.1) is 0 Å². The van der Waals surface area contributed by atoms with Crippen LogP contribution in [-0.4, -0.2) is 30.3 Å². The van der Waals surface area contributed by atoms with Crippen LogP contribution in [0.3, 0.4) is 0 Å². The number of methoxy groups -OCH3 is 2. The minimum Gasteiger partial charge on any atom is -0.493 e. The molecule has 6 heteroatoms. The fourth-order valence-electron chi connectivity index (χ4n) is 1.76. The van der Waals surface area contributed by atoms with Crippen molar-refractivity contribution in [2.24, 2.45) is 0 Å². The maximum Gasteiger partial charge on any atom is 0.335 e. The summed E-state index contributed by atoms with van der Waals surface area (Å²) >= 11 is 5.85. The van der Waals surface area contributed by atoms with E-state index in [0.29, 0.717) is 22.8 Å². The largest absolute Gasteiger partial charge is 0.493 e. The molecule has 0 saturated carbocycles. The van der Waals surface area contributed by atoms with E-state index in [9.17, 15) is 4.79 Å². The zero-order chi connectivity index (χ0) is 14.7. The number of ether oxygens (including phenoxy) is 2. The topological polar surface area (TPSA) is 68.7 Å². The molecule has 2 aromatic rings. The van der Waals surface area contributed by atoms with E-state index in [4.69, 9.17) is 26.2 Å². The van der Waals surface area contributed by atoms with Gasteiger partial charge in [-0.3, -0.25) is 0 Å². The first-order valence-corrected chi connectivity index (χ1v) is 6.06. The molecule has 0 aliphatic carbocycles. The van der Waals surface area contributed by atoms with Crippen molar-refractivity contribution in [1.29, 1.82) is 0 Å². The zero-order valence-corrected chi connectivity index (χ0v) is 11.6. The fraction of sp³-hybridized carbons (Fsp3) is 0.143. The minimum absolute atomic E-state index is 0.0785. The molecule has 1 aromatic carbocycles. The van der Waals surface area contributed by atoms with Crippen molar-refractivity contribution in [3.05, 3.63) is 41.0 Å². The summed E-state index contributed by atoms with van der Waals surface area (Å²) in [5, 5.41) is 9.15. The third-order valence-electron chi connectivity index (χ3n) is 2.72. The number of carboxylic acid groups (broad SMARTS) is 1. The van der Waals surface area contributed by atoms with Gasteiger partial charge in [0.25, 0.3) is 0 Å². The summed E-state index contributed by atoms with van der Waals surface area (Å²) in [5.74, 6) is 0.0522. The summed E-state index contributed by atoms with van der Waals surface area (Å²) in [6.45, 7) is 0. The van der Waals surface area contributed by atoms with Crippen molar-refractivity contribution in [3.63, 3.8) is 0 Å². The van der Waals surface area contributed by atoms with Crippen LogP contribution in [0.25, 0.3) is 11.3 Å². The van der Waals surface area contributed by atoms with Gasteiger partial charge in [0.2, 0.25) is 0 Å². The summed E-state index contributed by atoms with van der Waals surface area (Å²) in [6, 6.07) is 7.94. The molecule has 20 heavy (non-hydrogen) atoms. The molecule has 1 N–H and O–H groups in total. The van der Waals surface area contributed by atoms with Crippen molar-refractivity contribution < 1.29 is 19.4 Å². The number of benzene rings is 1. The first-order chi connectivity index (χ1) is 9.55. The number of carboxylic acids is 1. The molecule has 0 atom stereocenters. The highest BCUT2D eigenvalue weighted by molar-refractivity contribution is 6.29. The van der Waals surface area contributed by atoms with Gasteiger partial charge < -0.3 is 14.6 Å². The van der Waals surface area contributed by atoms with E-state index >= 15 is 0 Å². The molecule has 5 nitrogen and oxygen atoms in total. The van der Waals surface area contributed by atoms with Gasteiger partial charge in [0.05, 0.1) is 25.5 Å². The zero-order valence-electron chi connectivity index (χ0n) is 10.9. The van der Waals surface area contributed by atoms with Crippen LogP contribution in [0.15, 0.2) is 30.3 Å². The molecule has 1 aromatic heterocycles. The second-order valence-electron chi connectivity index (χ2n) is 3.94. The Bertz CT molecular complexity index is 658. The number of hydrogen-bond donors (Lipinski definition) is 1. The average Bonchev–Trinajstić information content (AvgIpc) is 2.45. The predicted molar refractivity (Wildman–Crippen MR) is 74.7 cm³/mol. The highest BCUT2D eigenvalue weighted by atomic mass is 35.5. The smallest absolute Gasteiger partial charge is 0.335 e. The van der Waals surface area contributed by atoms with Crippen molar-refractivity contribution >= 4 is 17.6 Å². The summed E-state index contributed by atoms with van der Waals surface area (Å²) in [7, 11) is 3.06. The molecule has 0 aliphatic rings. The van der Waals surface area contributed by atoms with E-state index in [0.717, 1.165) is 0 Å². The molecular weight excluding hydrogens is 282 g/mol. The van der Waals surface area contributed by atoms with Crippen molar-refractivity contribution in [2.75, 3.05) is 14.2 Å². The van der Waals surface area contributed by atoms with E-state index in [1.165, 1.54) is 26.4 Å². The van der Waals surface area contributed by atoms with Gasteiger partial charge in [-0.25, -0.2) is 9.78 Å². The van der Waals surface area contributed by atoms with Crippen molar-refractivity contribution in [1.82, 2.24) is 4.98 Å². The van der Waals surface area contributed by atoms with Gasteiger partial charge in [0.15, 0.2) is 11.5 Å². The molecule has 0 saturated heterocycles. The number of aromatic nitrogens is 1. The van der Waals surface area contributed by atoms with E-state index in [-0.39, 0.29) is 10.7 Å². The number of hydrogen-bond acceptors (Lipinski definition) is 4. The van der Waals surface area contributed by atoms with Crippen LogP contribution in [0.5, 0.6) is 11.5 Å². The number of nitrogens with zero attached hydrogens (tertiary/aromatic N) is 1. The Kier molecular flexibility index (Phi) is 4.10. The van der Waals surface area contributed by atoms with E-state index < -0.39 is 5.97 Å². The number of halogens is 1. The van der Waals surface area contributed by atoms with Crippen LogP contribution in [-0.2, 0) is 0 Å². The molecule has 0 fully saturated rings. The van der Waals surface area contributed by atoms with E-state index in [1.54, 1.807) is 18.2 Å². The molecule has 104 valence electrons. The van der Waals surface area contributed by atoms with Crippen molar-refractivity contribution in [3.8, 4) is 22.8 Å². The molecule has 2 rings (SSSR count). The van der Waals surface area contributed by atoms with Gasteiger partial charge in [0, 0.05) is 5.56 Å².